The molecule has 1 aromatic heterocycles. The number of fused-ring (bicyclic) bond motifs is 1. The number of methoxy groups -OCH3 is 1. The van der Waals surface area contributed by atoms with Crippen molar-refractivity contribution in [1.29, 1.82) is 0 Å². The first-order valence-electron chi connectivity index (χ1n) is 11.4. The molecule has 0 aliphatic heterocycles. The maximum absolute atomic E-state index is 13.0. The van der Waals surface area contributed by atoms with Crippen LogP contribution in [0.25, 0.3) is 10.9 Å². The van der Waals surface area contributed by atoms with Crippen molar-refractivity contribution in [1.82, 2.24) is 14.9 Å². The second kappa shape index (κ2) is 13.7. The number of para-hydroxylation sites is 1. The van der Waals surface area contributed by atoms with Crippen LogP contribution in [-0.4, -0.2) is 48.2 Å². The Morgan fingerprint density at radius 3 is 2.53 bits per heavy atom. The molecule has 3 aromatic rings. The minimum Gasteiger partial charge on any atom is -1.00 e. The van der Waals surface area contributed by atoms with E-state index in [2.05, 4.69) is 5.32 Å². The molecule has 0 atom stereocenters. The number of hydrogen-bond donors (Lipinski definition) is 1. The van der Waals surface area contributed by atoms with Crippen molar-refractivity contribution >= 4 is 40.4 Å². The van der Waals surface area contributed by atoms with E-state index in [-0.39, 0.29) is 36.7 Å². The van der Waals surface area contributed by atoms with Gasteiger partial charge < -0.3 is 16.3 Å². The van der Waals surface area contributed by atoms with E-state index in [1.807, 2.05) is 25.1 Å². The zero-order valence-corrected chi connectivity index (χ0v) is 24.1. The minimum absolute atomic E-state index is 0. The summed E-state index contributed by atoms with van der Waals surface area (Å²) < 4.78 is 6.60. The molecule has 0 aliphatic rings. The second-order valence-corrected chi connectivity index (χ2v) is 8.69. The van der Waals surface area contributed by atoms with Crippen LogP contribution in [0.5, 0.6) is 5.75 Å². The first-order valence-corrected chi connectivity index (χ1v) is 11.8. The number of ether oxygens (including phenoxy) is 1. The summed E-state index contributed by atoms with van der Waals surface area (Å²) in [5.41, 5.74) is 2.68. The molecular formula is C26H31ClN3NaO5. The maximum atomic E-state index is 13.0. The molecule has 0 unspecified atom stereocenters. The third-order valence-corrected chi connectivity index (χ3v) is 6.08. The Morgan fingerprint density at radius 1 is 1.11 bits per heavy atom. The number of nitrogens with one attached hydrogen (secondary N) is 1. The van der Waals surface area contributed by atoms with Gasteiger partial charge >= 0.3 is 41.6 Å². The molecule has 0 fully saturated rings. The van der Waals surface area contributed by atoms with Crippen molar-refractivity contribution in [3.05, 3.63) is 64.3 Å². The van der Waals surface area contributed by atoms with Gasteiger partial charge in [-0.1, -0.05) is 36.2 Å². The Balaban J connectivity index is 0.00000342. The van der Waals surface area contributed by atoms with Gasteiger partial charge in [-0.2, -0.15) is 4.73 Å². The van der Waals surface area contributed by atoms with Crippen LogP contribution < -0.4 is 44.4 Å². The van der Waals surface area contributed by atoms with Gasteiger partial charge in [0, 0.05) is 30.9 Å². The smallest absolute Gasteiger partial charge is 1.00 e. The zero-order valence-electron chi connectivity index (χ0n) is 22.4. The predicted octanol–water partition coefficient (Wildman–Crippen LogP) is 1.90. The van der Waals surface area contributed by atoms with Crippen molar-refractivity contribution < 1.29 is 54.9 Å². The van der Waals surface area contributed by atoms with E-state index in [1.165, 1.54) is 14.0 Å². The molecular weight excluding hydrogens is 493 g/mol. The van der Waals surface area contributed by atoms with Gasteiger partial charge in [0.05, 0.1) is 12.6 Å². The summed E-state index contributed by atoms with van der Waals surface area (Å²) in [5.74, 6) is -0.326. The van der Waals surface area contributed by atoms with Crippen LogP contribution in [0.15, 0.2) is 42.5 Å². The number of nitrogens with zero attached hydrogens (tertiary/aromatic N) is 2. The van der Waals surface area contributed by atoms with Gasteiger partial charge in [-0.25, -0.2) is 9.59 Å². The molecule has 0 radical (unpaired) electrons. The summed E-state index contributed by atoms with van der Waals surface area (Å²) in [6.45, 7) is 3.62. The fraction of sp³-hybridized carbons (Fsp3) is 0.346. The molecule has 0 bridgehead atoms. The van der Waals surface area contributed by atoms with Crippen molar-refractivity contribution in [3.8, 4) is 5.75 Å². The molecule has 10 heteroatoms. The van der Waals surface area contributed by atoms with Crippen molar-refractivity contribution in [2.75, 3.05) is 20.7 Å². The molecule has 3 rings (SSSR count). The van der Waals surface area contributed by atoms with Gasteiger partial charge in [0.25, 0.3) is 5.91 Å². The fourth-order valence-electron chi connectivity index (χ4n) is 3.78. The Morgan fingerprint density at radius 2 is 1.83 bits per heavy atom. The summed E-state index contributed by atoms with van der Waals surface area (Å²) in [7, 11) is 3.03. The van der Waals surface area contributed by atoms with Gasteiger partial charge in [-0.15, -0.1) is 0 Å². The topological polar surface area (TPSA) is 89.9 Å². The molecule has 1 N–H and O–H groups in total. The second-order valence-electron chi connectivity index (χ2n) is 8.29. The number of carbonyl (C=O) groups is 3. The summed E-state index contributed by atoms with van der Waals surface area (Å²) in [5, 5.41) is 4.20. The van der Waals surface area contributed by atoms with Gasteiger partial charge in [0.1, 0.15) is 11.4 Å². The quantitative estimate of drug-likeness (QED) is 0.342. The van der Waals surface area contributed by atoms with E-state index in [4.69, 9.17) is 21.2 Å². The molecule has 0 spiro atoms. The monoisotopic (exact) mass is 523 g/mol. The number of carbonyl (C=O) groups excluding carboxylic acids is 3. The number of urea groups is 1. The number of benzene rings is 2. The Labute approximate surface area is 239 Å². The molecule has 36 heavy (non-hydrogen) atoms. The van der Waals surface area contributed by atoms with Crippen molar-refractivity contribution in [2.24, 2.45) is 0 Å². The van der Waals surface area contributed by atoms with E-state index >= 15 is 0 Å². The van der Waals surface area contributed by atoms with E-state index in [0.29, 0.717) is 17.1 Å². The fourth-order valence-corrected chi connectivity index (χ4v) is 3.97. The normalized spacial score (nSPS) is 10.5. The van der Waals surface area contributed by atoms with Crippen LogP contribution in [0.3, 0.4) is 0 Å². The minimum atomic E-state index is -0.580. The van der Waals surface area contributed by atoms with Crippen LogP contribution >= 0.6 is 11.6 Å². The van der Waals surface area contributed by atoms with Crippen LogP contribution in [0.2, 0.25) is 5.02 Å². The average molecular weight is 524 g/mol. The average Bonchev–Trinajstić information content (AvgIpc) is 3.19. The number of aromatic nitrogens is 1. The predicted molar refractivity (Wildman–Crippen MR) is 136 cm³/mol. The van der Waals surface area contributed by atoms with Gasteiger partial charge in [-0.05, 0) is 61.6 Å². The number of amides is 3. The van der Waals surface area contributed by atoms with Crippen molar-refractivity contribution in [3.63, 3.8) is 0 Å². The molecule has 188 valence electrons. The molecule has 0 saturated carbocycles. The standard InChI is InChI=1S/C26H30ClN3O5.Na.H/c1-17-14-24(34-4)20(15-21(17)27)11-6-5-9-13-28-26(33)29(3)25(32)23-16-19-10-7-8-12-22(19)30(23)35-18(2)31;;/h7-8,10,12,14-16H,5-6,9,11,13H2,1-4H3,(H,28,33);;/q;+1;-1. The zero-order chi connectivity index (χ0) is 25.5. The summed E-state index contributed by atoms with van der Waals surface area (Å²) in [6, 6.07) is 12.1. The molecule has 2 aromatic carbocycles. The SMILES string of the molecule is COc1cc(C)c(Cl)cc1CCCCCNC(=O)N(C)C(=O)c1cc2ccccc2n1OC(C)=O.[H-].[Na+]. The first kappa shape index (κ1) is 29.7. The Hall–Kier alpha value is -2.52. The summed E-state index contributed by atoms with van der Waals surface area (Å²) in [4.78, 5) is 43.3. The van der Waals surface area contributed by atoms with Crippen LogP contribution in [0, 0.1) is 6.92 Å². The van der Waals surface area contributed by atoms with E-state index < -0.39 is 17.9 Å². The number of aryl methyl sites for hydroxylation is 2. The number of halogens is 1. The molecule has 8 nitrogen and oxygen atoms in total. The van der Waals surface area contributed by atoms with E-state index in [9.17, 15) is 14.4 Å². The summed E-state index contributed by atoms with van der Waals surface area (Å²) in [6.07, 6.45) is 3.36. The third kappa shape index (κ3) is 7.26. The molecule has 3 amide bonds. The van der Waals surface area contributed by atoms with Gasteiger partial charge in [0.15, 0.2) is 0 Å². The number of rotatable bonds is 9. The summed E-state index contributed by atoms with van der Waals surface area (Å²) >= 11 is 6.24. The van der Waals surface area contributed by atoms with Crippen LogP contribution in [0.4, 0.5) is 4.79 Å². The molecule has 0 aliphatic carbocycles. The van der Waals surface area contributed by atoms with Gasteiger partial charge in [0.2, 0.25) is 0 Å². The maximum Gasteiger partial charge on any atom is 1.00 e. The van der Waals surface area contributed by atoms with E-state index in [0.717, 1.165) is 57.6 Å². The van der Waals surface area contributed by atoms with Crippen molar-refractivity contribution in [2.45, 2.75) is 39.5 Å². The largest absolute Gasteiger partial charge is 1.00 e. The molecule has 1 heterocycles. The number of imide groups is 1. The number of unbranched alkanes of at least 4 members (excludes halogenated alkanes) is 2. The van der Waals surface area contributed by atoms with Gasteiger partial charge in [-0.3, -0.25) is 9.69 Å². The number of hydrogen-bond acceptors (Lipinski definition) is 5. The van der Waals surface area contributed by atoms with E-state index in [1.54, 1.807) is 31.4 Å². The third-order valence-electron chi connectivity index (χ3n) is 5.68. The molecule has 0 saturated heterocycles. The van der Waals surface area contributed by atoms with Crippen LogP contribution in [-0.2, 0) is 11.2 Å². The Kier molecular flexibility index (Phi) is 11.3. The first-order chi connectivity index (χ1) is 16.7. The van der Waals surface area contributed by atoms with Crippen LogP contribution in [0.1, 0.15) is 49.2 Å². The Bertz CT molecular complexity index is 1250.